The van der Waals surface area contributed by atoms with Crippen LogP contribution in [-0.4, -0.2) is 49.4 Å². The summed E-state index contributed by atoms with van der Waals surface area (Å²) in [6.45, 7) is 8.99. The third-order valence-corrected chi connectivity index (χ3v) is 4.42. The number of aliphatic hydroxyl groups is 1. The minimum atomic E-state index is -1.20. The summed E-state index contributed by atoms with van der Waals surface area (Å²) in [5, 5.41) is 20.0. The van der Waals surface area contributed by atoms with Crippen molar-refractivity contribution in [3.63, 3.8) is 0 Å². The number of carbonyl (C=O) groups excluding carboxylic acids is 1. The maximum Gasteiger partial charge on any atom is 0.407 e. The number of nitrogens with one attached hydrogen (secondary N) is 3. The molecule has 160 valence electrons. The molecule has 9 heteroatoms. The molecule has 1 aliphatic carbocycles. The molecule has 8 nitrogen and oxygen atoms in total. The van der Waals surface area contributed by atoms with Gasteiger partial charge >= 0.3 is 6.09 Å². The molecule has 0 aromatic carbocycles. The fourth-order valence-electron chi connectivity index (χ4n) is 2.74. The van der Waals surface area contributed by atoms with E-state index in [1.807, 2.05) is 19.9 Å². The van der Waals surface area contributed by atoms with Gasteiger partial charge in [-0.2, -0.15) is 0 Å². The van der Waals surface area contributed by atoms with Crippen LogP contribution < -0.4 is 16.0 Å². The molecule has 1 saturated carbocycles. The molecule has 2 rings (SSSR count). The number of halogens is 1. The predicted octanol–water partition coefficient (Wildman–Crippen LogP) is 2.49. The number of aryl methyl sites for hydroxylation is 1. The summed E-state index contributed by atoms with van der Waals surface area (Å²) in [5.41, 5.74) is -1.20. The molecule has 2 atom stereocenters. The highest BCUT2D eigenvalue weighted by Crippen LogP contribution is 2.32. The van der Waals surface area contributed by atoms with Crippen molar-refractivity contribution in [2.75, 3.05) is 26.2 Å². The van der Waals surface area contributed by atoms with Crippen LogP contribution in [0.3, 0.4) is 0 Å². The highest BCUT2D eigenvalue weighted by molar-refractivity contribution is 14.0. The Kier molecular flexibility index (Phi) is 10.1. The van der Waals surface area contributed by atoms with Gasteiger partial charge in [0.1, 0.15) is 17.1 Å². The van der Waals surface area contributed by atoms with Crippen LogP contribution in [0.1, 0.15) is 45.1 Å². The summed E-state index contributed by atoms with van der Waals surface area (Å²) in [4.78, 5) is 16.2. The highest BCUT2D eigenvalue weighted by atomic mass is 127. The Bertz CT molecular complexity index is 644. The maximum absolute atomic E-state index is 11.7. The molecule has 1 aromatic heterocycles. The molecule has 4 N–H and O–H groups in total. The number of alkyl carbamates (subject to hydrolysis) is 1. The first-order valence-electron chi connectivity index (χ1n) is 9.60. The summed E-state index contributed by atoms with van der Waals surface area (Å²) in [6.07, 6.45) is 1.80. The van der Waals surface area contributed by atoms with Crippen molar-refractivity contribution < 1.29 is 19.1 Å². The monoisotopic (exact) mass is 508 g/mol. The van der Waals surface area contributed by atoms with Crippen LogP contribution in [0.25, 0.3) is 0 Å². The average molecular weight is 508 g/mol. The Balaban J connectivity index is 0.00000392. The third kappa shape index (κ3) is 7.86. The lowest BCUT2D eigenvalue weighted by Crippen LogP contribution is -2.48. The second-order valence-corrected chi connectivity index (χ2v) is 7.07. The molecule has 1 heterocycles. The van der Waals surface area contributed by atoms with Crippen LogP contribution >= 0.6 is 24.0 Å². The zero-order chi connectivity index (χ0) is 19.9. The molecule has 28 heavy (non-hydrogen) atoms. The first-order valence-corrected chi connectivity index (χ1v) is 9.60. The summed E-state index contributed by atoms with van der Waals surface area (Å²) in [6, 6.07) is 3.57. The van der Waals surface area contributed by atoms with Gasteiger partial charge in [0.25, 0.3) is 0 Å². The highest BCUT2D eigenvalue weighted by Gasteiger charge is 2.33. The smallest absolute Gasteiger partial charge is 0.407 e. The zero-order valence-electron chi connectivity index (χ0n) is 17.1. The van der Waals surface area contributed by atoms with E-state index in [-0.39, 0.29) is 36.6 Å². The van der Waals surface area contributed by atoms with Gasteiger partial charge in [0, 0.05) is 13.1 Å². The quantitative estimate of drug-likeness (QED) is 0.232. The minimum Gasteiger partial charge on any atom is -0.463 e. The van der Waals surface area contributed by atoms with Crippen LogP contribution in [0.2, 0.25) is 0 Å². The second-order valence-electron chi connectivity index (χ2n) is 7.07. The van der Waals surface area contributed by atoms with Gasteiger partial charge in [-0.3, -0.25) is 0 Å². The average Bonchev–Trinajstić information content (AvgIpc) is 3.36. The number of ether oxygens (including phenoxy) is 1. The number of nitrogens with zero attached hydrogens (tertiary/aromatic N) is 1. The summed E-state index contributed by atoms with van der Waals surface area (Å²) in [5.74, 6) is 2.27. The van der Waals surface area contributed by atoms with Gasteiger partial charge < -0.3 is 30.2 Å². The molecule has 1 aliphatic rings. The molecule has 2 unspecified atom stereocenters. The summed E-state index contributed by atoms with van der Waals surface area (Å²) in [7, 11) is 0. The van der Waals surface area contributed by atoms with Crippen molar-refractivity contribution in [1.82, 2.24) is 16.0 Å². The lowest BCUT2D eigenvalue weighted by atomic mass is 10.0. The Morgan fingerprint density at radius 2 is 2.11 bits per heavy atom. The lowest BCUT2D eigenvalue weighted by Gasteiger charge is -2.22. The Labute approximate surface area is 183 Å². The van der Waals surface area contributed by atoms with Crippen molar-refractivity contribution in [1.29, 1.82) is 0 Å². The molecule has 1 fully saturated rings. The molecule has 0 spiro atoms. The Hall–Kier alpha value is -1.49. The van der Waals surface area contributed by atoms with Gasteiger partial charge in [-0.15, -0.1) is 24.0 Å². The molecule has 1 amide bonds. The molecule has 1 aromatic rings. The van der Waals surface area contributed by atoms with E-state index < -0.39 is 11.7 Å². The van der Waals surface area contributed by atoms with Gasteiger partial charge in [0.2, 0.25) is 0 Å². The van der Waals surface area contributed by atoms with Gasteiger partial charge in [0.15, 0.2) is 5.96 Å². The third-order valence-electron chi connectivity index (χ3n) is 4.42. The van der Waals surface area contributed by atoms with Gasteiger partial charge in [0.05, 0.1) is 19.2 Å². The van der Waals surface area contributed by atoms with E-state index in [9.17, 15) is 9.90 Å². The summed E-state index contributed by atoms with van der Waals surface area (Å²) < 4.78 is 10.5. The van der Waals surface area contributed by atoms with Gasteiger partial charge in [-0.05, 0) is 58.6 Å². The first-order chi connectivity index (χ1) is 12.9. The number of furan rings is 1. The van der Waals surface area contributed by atoms with E-state index in [0.717, 1.165) is 18.6 Å². The predicted molar refractivity (Wildman–Crippen MR) is 119 cm³/mol. The fraction of sp³-hybridized carbons (Fsp3) is 0.684. The van der Waals surface area contributed by atoms with Crippen LogP contribution in [0, 0.1) is 12.8 Å². The van der Waals surface area contributed by atoms with E-state index in [1.165, 1.54) is 0 Å². The van der Waals surface area contributed by atoms with E-state index in [4.69, 9.17) is 9.15 Å². The number of aliphatic imine (C=N–C) groups is 1. The van der Waals surface area contributed by atoms with Crippen LogP contribution in [0.5, 0.6) is 0 Å². The molecule has 0 bridgehead atoms. The lowest BCUT2D eigenvalue weighted by molar-refractivity contribution is 0.0428. The van der Waals surface area contributed by atoms with Crippen LogP contribution in [0.15, 0.2) is 21.5 Å². The van der Waals surface area contributed by atoms with Crippen LogP contribution in [-0.2, 0) is 10.3 Å². The normalized spacial score (nSPS) is 17.1. The SMILES string of the molecule is CCNC(=NCC(C)(O)c1ccc(C)o1)NCC(NC(=O)OCC)C1CC1.I. The van der Waals surface area contributed by atoms with Crippen molar-refractivity contribution >= 4 is 36.0 Å². The van der Waals surface area contributed by atoms with Crippen molar-refractivity contribution in [3.8, 4) is 0 Å². The molecular weight excluding hydrogens is 475 g/mol. The number of rotatable bonds is 9. The van der Waals surface area contributed by atoms with Crippen molar-refractivity contribution in [2.24, 2.45) is 10.9 Å². The summed E-state index contributed by atoms with van der Waals surface area (Å²) >= 11 is 0. The Morgan fingerprint density at radius 3 is 2.64 bits per heavy atom. The topological polar surface area (TPSA) is 108 Å². The van der Waals surface area contributed by atoms with Gasteiger partial charge in [-0.25, -0.2) is 9.79 Å². The molecular formula is C19H33IN4O4. The molecule has 0 radical (unpaired) electrons. The van der Waals surface area contributed by atoms with Crippen molar-refractivity contribution in [2.45, 2.75) is 52.2 Å². The minimum absolute atomic E-state index is 0. The largest absolute Gasteiger partial charge is 0.463 e. The molecule has 0 saturated heterocycles. The number of guanidine groups is 1. The standard InChI is InChI=1S/C19H32N4O4.HI/c1-5-20-17(22-12-19(4,25)16-10-7-13(3)27-16)21-11-15(14-8-9-14)23-18(24)26-6-2;/h7,10,14-15,25H,5-6,8-9,11-12H2,1-4H3,(H,23,24)(H2,20,21,22);1H. The Morgan fingerprint density at radius 1 is 1.39 bits per heavy atom. The number of amides is 1. The van der Waals surface area contributed by atoms with Crippen LogP contribution in [0.4, 0.5) is 4.79 Å². The zero-order valence-corrected chi connectivity index (χ0v) is 19.4. The van der Waals surface area contributed by atoms with E-state index >= 15 is 0 Å². The van der Waals surface area contributed by atoms with Gasteiger partial charge in [-0.1, -0.05) is 0 Å². The number of hydrogen-bond acceptors (Lipinski definition) is 5. The van der Waals surface area contributed by atoms with E-state index in [0.29, 0.717) is 37.3 Å². The fourth-order valence-corrected chi connectivity index (χ4v) is 2.74. The second kappa shape index (κ2) is 11.5. The van der Waals surface area contributed by atoms with E-state index in [1.54, 1.807) is 19.9 Å². The number of hydrogen-bond donors (Lipinski definition) is 4. The maximum atomic E-state index is 11.7. The molecule has 0 aliphatic heterocycles. The van der Waals surface area contributed by atoms with Crippen molar-refractivity contribution in [3.05, 3.63) is 23.7 Å². The number of carbonyl (C=O) groups is 1. The first kappa shape index (κ1) is 24.5. The van der Waals surface area contributed by atoms with E-state index in [2.05, 4.69) is 20.9 Å².